The molecule has 5 nitrogen and oxygen atoms in total. The molecule has 3 rings (SSSR count). The molecule has 1 aromatic carbocycles. The number of methoxy groups -OCH3 is 1. The number of pyridine rings is 1. The van der Waals surface area contributed by atoms with Crippen LogP contribution in [0.2, 0.25) is 5.02 Å². The predicted molar refractivity (Wildman–Crippen MR) is 85.0 cm³/mol. The smallest absolute Gasteiger partial charge is 0.339 e. The van der Waals surface area contributed by atoms with Crippen molar-refractivity contribution in [3.05, 3.63) is 47.2 Å². The Morgan fingerprint density at radius 1 is 1.32 bits per heavy atom. The minimum absolute atomic E-state index is 0.340. The highest BCUT2D eigenvalue weighted by molar-refractivity contribution is 6.33. The molecular formula is C16H14ClN3O2. The summed E-state index contributed by atoms with van der Waals surface area (Å²) in [6.07, 6.45) is 1.77. The van der Waals surface area contributed by atoms with E-state index >= 15 is 0 Å². The van der Waals surface area contributed by atoms with Crippen LogP contribution in [-0.2, 0) is 11.3 Å². The van der Waals surface area contributed by atoms with Crippen molar-refractivity contribution < 1.29 is 9.53 Å². The van der Waals surface area contributed by atoms with Gasteiger partial charge in [-0.2, -0.15) is 0 Å². The van der Waals surface area contributed by atoms with Crippen LogP contribution < -0.4 is 0 Å². The van der Waals surface area contributed by atoms with Crippen molar-refractivity contribution in [1.82, 2.24) is 14.5 Å². The summed E-state index contributed by atoms with van der Waals surface area (Å²) in [7, 11) is 1.33. The Morgan fingerprint density at radius 2 is 2.14 bits per heavy atom. The van der Waals surface area contributed by atoms with Crippen LogP contribution in [0.15, 0.2) is 36.7 Å². The van der Waals surface area contributed by atoms with Crippen molar-refractivity contribution in [2.24, 2.45) is 0 Å². The molecule has 0 spiro atoms. The molecule has 0 aliphatic carbocycles. The maximum atomic E-state index is 11.6. The van der Waals surface area contributed by atoms with Crippen LogP contribution in [0.1, 0.15) is 17.3 Å². The van der Waals surface area contributed by atoms with Crippen molar-refractivity contribution in [1.29, 1.82) is 0 Å². The lowest BCUT2D eigenvalue weighted by molar-refractivity contribution is 0.0601. The Morgan fingerprint density at radius 3 is 2.82 bits per heavy atom. The first-order valence-corrected chi connectivity index (χ1v) is 7.22. The summed E-state index contributed by atoms with van der Waals surface area (Å²) in [4.78, 5) is 20.5. The van der Waals surface area contributed by atoms with Gasteiger partial charge in [0, 0.05) is 12.1 Å². The molecule has 0 radical (unpaired) electrons. The van der Waals surface area contributed by atoms with Gasteiger partial charge in [0.05, 0.1) is 29.7 Å². The zero-order chi connectivity index (χ0) is 15.7. The van der Waals surface area contributed by atoms with Crippen molar-refractivity contribution in [2.45, 2.75) is 13.5 Å². The first-order valence-electron chi connectivity index (χ1n) is 6.84. The van der Waals surface area contributed by atoms with E-state index in [2.05, 4.69) is 14.7 Å². The Balaban J connectivity index is 2.07. The van der Waals surface area contributed by atoms with Gasteiger partial charge in [0.2, 0.25) is 0 Å². The third kappa shape index (κ3) is 2.44. The van der Waals surface area contributed by atoms with Gasteiger partial charge in [-0.05, 0) is 31.2 Å². The lowest BCUT2D eigenvalue weighted by atomic mass is 10.1. The number of aryl methyl sites for hydroxylation is 1. The summed E-state index contributed by atoms with van der Waals surface area (Å²) in [6, 6.07) is 8.98. The first-order chi connectivity index (χ1) is 10.6. The zero-order valence-corrected chi connectivity index (χ0v) is 13.0. The van der Waals surface area contributed by atoms with E-state index in [1.807, 2.05) is 23.6 Å². The number of ether oxygens (including phenoxy) is 1. The van der Waals surface area contributed by atoms with E-state index < -0.39 is 5.97 Å². The average molecular weight is 316 g/mol. The van der Waals surface area contributed by atoms with E-state index in [-0.39, 0.29) is 0 Å². The van der Waals surface area contributed by atoms with Crippen molar-refractivity contribution >= 4 is 28.7 Å². The highest BCUT2D eigenvalue weighted by atomic mass is 35.5. The summed E-state index contributed by atoms with van der Waals surface area (Å²) in [5.41, 5.74) is 3.63. The van der Waals surface area contributed by atoms with Crippen LogP contribution in [0.5, 0.6) is 0 Å². The normalized spacial score (nSPS) is 10.9. The number of halogens is 1. The molecule has 0 N–H and O–H groups in total. The Labute approximate surface area is 132 Å². The van der Waals surface area contributed by atoms with Crippen LogP contribution in [0.25, 0.3) is 22.4 Å². The molecule has 0 amide bonds. The van der Waals surface area contributed by atoms with Crippen LogP contribution in [0.4, 0.5) is 0 Å². The van der Waals surface area contributed by atoms with E-state index in [1.165, 1.54) is 7.11 Å². The molecule has 0 fully saturated rings. The number of carbonyl (C=O) groups excluding carboxylic acids is 1. The predicted octanol–water partition coefficient (Wildman–Crippen LogP) is 3.56. The van der Waals surface area contributed by atoms with Crippen LogP contribution >= 0.6 is 11.6 Å². The summed E-state index contributed by atoms with van der Waals surface area (Å²) in [5, 5.41) is 0.343. The number of benzene rings is 1. The number of hydrogen-bond acceptors (Lipinski definition) is 4. The van der Waals surface area contributed by atoms with E-state index in [0.29, 0.717) is 10.6 Å². The second-order valence-electron chi connectivity index (χ2n) is 4.76. The van der Waals surface area contributed by atoms with E-state index in [9.17, 15) is 4.79 Å². The average Bonchev–Trinajstić information content (AvgIpc) is 2.96. The molecule has 0 unspecified atom stereocenters. The van der Waals surface area contributed by atoms with Crippen LogP contribution in [0.3, 0.4) is 0 Å². The van der Waals surface area contributed by atoms with E-state index in [1.54, 1.807) is 24.5 Å². The van der Waals surface area contributed by atoms with Crippen molar-refractivity contribution in [2.75, 3.05) is 7.11 Å². The fourth-order valence-electron chi connectivity index (χ4n) is 2.28. The summed E-state index contributed by atoms with van der Waals surface area (Å²) in [5.74, 6) is -0.455. The van der Waals surface area contributed by atoms with Gasteiger partial charge in [-0.25, -0.2) is 14.8 Å². The minimum Gasteiger partial charge on any atom is -0.465 e. The molecule has 2 heterocycles. The molecule has 0 atom stereocenters. The molecule has 6 heteroatoms. The topological polar surface area (TPSA) is 57.0 Å². The number of aromatic nitrogens is 3. The summed E-state index contributed by atoms with van der Waals surface area (Å²) >= 11 is 6.16. The number of hydrogen-bond donors (Lipinski definition) is 0. The number of nitrogens with zero attached hydrogens (tertiary/aromatic N) is 3. The molecule has 2 aromatic heterocycles. The van der Waals surface area contributed by atoms with Crippen LogP contribution in [-0.4, -0.2) is 27.6 Å². The molecule has 0 saturated heterocycles. The number of carbonyl (C=O) groups is 1. The van der Waals surface area contributed by atoms with Gasteiger partial charge in [-0.3, -0.25) is 0 Å². The Hall–Kier alpha value is -2.40. The molecule has 22 heavy (non-hydrogen) atoms. The standard InChI is InChI=1S/C16H14ClN3O2/c1-3-20-9-18-14-7-6-13(19-15(14)20)10-4-5-11(12(17)8-10)16(21)22-2/h4-9H,3H2,1-2H3. The second kappa shape index (κ2) is 5.77. The number of imidazole rings is 1. The minimum atomic E-state index is -0.455. The highest BCUT2D eigenvalue weighted by Crippen LogP contribution is 2.26. The maximum absolute atomic E-state index is 11.6. The van der Waals surface area contributed by atoms with Crippen LogP contribution in [0, 0.1) is 0 Å². The van der Waals surface area contributed by atoms with Gasteiger partial charge in [0.1, 0.15) is 5.52 Å². The number of esters is 1. The van der Waals surface area contributed by atoms with E-state index in [0.717, 1.165) is 29.0 Å². The van der Waals surface area contributed by atoms with Gasteiger partial charge in [0.25, 0.3) is 0 Å². The largest absolute Gasteiger partial charge is 0.465 e. The maximum Gasteiger partial charge on any atom is 0.339 e. The third-order valence-electron chi connectivity index (χ3n) is 3.47. The van der Waals surface area contributed by atoms with Gasteiger partial charge in [-0.15, -0.1) is 0 Å². The highest BCUT2D eigenvalue weighted by Gasteiger charge is 2.13. The molecule has 0 aliphatic rings. The zero-order valence-electron chi connectivity index (χ0n) is 12.2. The fourth-order valence-corrected chi connectivity index (χ4v) is 2.54. The SMILES string of the molecule is CCn1cnc2ccc(-c3ccc(C(=O)OC)c(Cl)c3)nc21. The summed E-state index contributed by atoms with van der Waals surface area (Å²) < 4.78 is 6.67. The molecule has 0 bridgehead atoms. The van der Waals surface area contributed by atoms with E-state index in [4.69, 9.17) is 11.6 Å². The molecule has 3 aromatic rings. The third-order valence-corrected chi connectivity index (χ3v) is 3.79. The molecule has 0 aliphatic heterocycles. The van der Waals surface area contributed by atoms with Gasteiger partial charge in [-0.1, -0.05) is 17.7 Å². The van der Waals surface area contributed by atoms with Gasteiger partial charge >= 0.3 is 5.97 Å². The summed E-state index contributed by atoms with van der Waals surface area (Å²) in [6.45, 7) is 2.84. The molecular weight excluding hydrogens is 302 g/mol. The Kier molecular flexibility index (Phi) is 3.81. The lowest BCUT2D eigenvalue weighted by Gasteiger charge is -2.06. The van der Waals surface area contributed by atoms with Crippen molar-refractivity contribution in [3.63, 3.8) is 0 Å². The number of fused-ring (bicyclic) bond motifs is 1. The molecule has 0 saturated carbocycles. The van der Waals surface area contributed by atoms with Gasteiger partial charge < -0.3 is 9.30 Å². The van der Waals surface area contributed by atoms with Crippen molar-refractivity contribution in [3.8, 4) is 11.3 Å². The quantitative estimate of drug-likeness (QED) is 0.693. The second-order valence-corrected chi connectivity index (χ2v) is 5.16. The molecule has 112 valence electrons. The lowest BCUT2D eigenvalue weighted by Crippen LogP contribution is -2.02. The monoisotopic (exact) mass is 315 g/mol. The van der Waals surface area contributed by atoms with Gasteiger partial charge in [0.15, 0.2) is 5.65 Å². The number of rotatable bonds is 3. The Bertz CT molecular complexity index is 858. The first kappa shape index (κ1) is 14.5. The fraction of sp³-hybridized carbons (Fsp3) is 0.188.